The molecule has 1 N–H and O–H groups in total. The molecule has 0 bridgehead atoms. The number of fused-ring (bicyclic) bond motifs is 1. The molecule has 0 aliphatic carbocycles. The SMILES string of the molecule is CCCNC(C)(C#N)CCn1cnc2ccccc21. The average Bonchev–Trinajstić information content (AvgIpc) is 2.86. The average molecular weight is 256 g/mol. The third-order valence-electron chi connectivity index (χ3n) is 3.39. The predicted octanol–water partition coefficient (Wildman–Crippen LogP) is 2.71. The Balaban J connectivity index is 2.07. The van der Waals surface area contributed by atoms with E-state index >= 15 is 0 Å². The summed E-state index contributed by atoms with van der Waals surface area (Å²) >= 11 is 0. The zero-order valence-electron chi connectivity index (χ0n) is 11.6. The van der Waals surface area contributed by atoms with Crippen LogP contribution in [0.2, 0.25) is 0 Å². The molecule has 1 aromatic heterocycles. The predicted molar refractivity (Wildman–Crippen MR) is 76.7 cm³/mol. The van der Waals surface area contributed by atoms with Gasteiger partial charge in [0.1, 0.15) is 5.54 Å². The van der Waals surface area contributed by atoms with Crippen LogP contribution in [-0.2, 0) is 6.54 Å². The van der Waals surface area contributed by atoms with Crippen molar-refractivity contribution in [3.8, 4) is 6.07 Å². The second-order valence-electron chi connectivity index (χ2n) is 5.05. The standard InChI is InChI=1S/C15H20N4/c1-3-9-18-15(2,11-16)8-10-19-12-17-13-6-4-5-7-14(13)19/h4-7,12,18H,3,8-10H2,1-2H3. The molecule has 1 aromatic carbocycles. The summed E-state index contributed by atoms with van der Waals surface area (Å²) in [6.45, 7) is 5.73. The van der Waals surface area contributed by atoms with Gasteiger partial charge in [-0.15, -0.1) is 0 Å². The summed E-state index contributed by atoms with van der Waals surface area (Å²) in [7, 11) is 0. The Bertz CT molecular complexity index is 581. The van der Waals surface area contributed by atoms with Crippen molar-refractivity contribution in [2.24, 2.45) is 0 Å². The molecule has 0 fully saturated rings. The highest BCUT2D eigenvalue weighted by Crippen LogP contribution is 2.15. The van der Waals surface area contributed by atoms with Crippen molar-refractivity contribution in [2.75, 3.05) is 6.54 Å². The van der Waals surface area contributed by atoms with Crippen LogP contribution in [0.1, 0.15) is 26.7 Å². The van der Waals surface area contributed by atoms with Gasteiger partial charge in [-0.3, -0.25) is 5.32 Å². The Morgan fingerprint density at radius 3 is 2.95 bits per heavy atom. The molecule has 1 atom stereocenters. The Morgan fingerprint density at radius 2 is 2.21 bits per heavy atom. The van der Waals surface area contributed by atoms with Crippen LogP contribution in [0.25, 0.3) is 11.0 Å². The number of rotatable bonds is 6. The van der Waals surface area contributed by atoms with Crippen LogP contribution in [0.4, 0.5) is 0 Å². The number of nitrogens with zero attached hydrogens (tertiary/aromatic N) is 3. The van der Waals surface area contributed by atoms with Gasteiger partial charge in [0.2, 0.25) is 0 Å². The van der Waals surface area contributed by atoms with E-state index < -0.39 is 5.54 Å². The molecule has 0 aliphatic heterocycles. The maximum Gasteiger partial charge on any atom is 0.105 e. The molecule has 0 aliphatic rings. The number of benzene rings is 1. The monoisotopic (exact) mass is 256 g/mol. The van der Waals surface area contributed by atoms with Crippen LogP contribution in [0.15, 0.2) is 30.6 Å². The normalized spacial score (nSPS) is 14.2. The van der Waals surface area contributed by atoms with Gasteiger partial charge in [-0.1, -0.05) is 19.1 Å². The van der Waals surface area contributed by atoms with Crippen LogP contribution < -0.4 is 5.32 Å². The lowest BCUT2D eigenvalue weighted by molar-refractivity contribution is 0.395. The summed E-state index contributed by atoms with van der Waals surface area (Å²) in [4.78, 5) is 4.37. The second kappa shape index (κ2) is 5.85. The minimum absolute atomic E-state index is 0.471. The van der Waals surface area contributed by atoms with Crippen LogP contribution >= 0.6 is 0 Å². The van der Waals surface area contributed by atoms with Gasteiger partial charge >= 0.3 is 0 Å². The molecule has 0 amide bonds. The molecular weight excluding hydrogens is 236 g/mol. The molecule has 2 aromatic rings. The smallest absolute Gasteiger partial charge is 0.105 e. The maximum absolute atomic E-state index is 9.32. The first kappa shape index (κ1) is 13.6. The third-order valence-corrected chi connectivity index (χ3v) is 3.39. The van der Waals surface area contributed by atoms with Gasteiger partial charge in [0.25, 0.3) is 0 Å². The van der Waals surface area contributed by atoms with Crippen molar-refractivity contribution >= 4 is 11.0 Å². The number of nitrogens with one attached hydrogen (secondary N) is 1. The fraction of sp³-hybridized carbons (Fsp3) is 0.467. The summed E-state index contributed by atoms with van der Waals surface area (Å²) in [5.74, 6) is 0. The summed E-state index contributed by atoms with van der Waals surface area (Å²) in [5.41, 5.74) is 1.66. The molecule has 1 heterocycles. The van der Waals surface area contributed by atoms with Gasteiger partial charge in [-0.05, 0) is 38.4 Å². The topological polar surface area (TPSA) is 53.6 Å². The van der Waals surface area contributed by atoms with E-state index in [1.54, 1.807) is 0 Å². The molecule has 100 valence electrons. The third kappa shape index (κ3) is 3.12. The highest BCUT2D eigenvalue weighted by atomic mass is 15.1. The Labute approximate surface area is 114 Å². The largest absolute Gasteiger partial charge is 0.330 e. The van der Waals surface area contributed by atoms with E-state index in [0.29, 0.717) is 0 Å². The van der Waals surface area contributed by atoms with Gasteiger partial charge < -0.3 is 4.57 Å². The second-order valence-corrected chi connectivity index (χ2v) is 5.05. The number of para-hydroxylation sites is 2. The zero-order chi connectivity index (χ0) is 13.7. The van der Waals surface area contributed by atoms with Crippen LogP contribution in [-0.4, -0.2) is 21.6 Å². The lowest BCUT2D eigenvalue weighted by Gasteiger charge is -2.23. The Morgan fingerprint density at radius 1 is 1.42 bits per heavy atom. The van der Waals surface area contributed by atoms with Crippen LogP contribution in [0, 0.1) is 11.3 Å². The molecule has 1 unspecified atom stereocenters. The first-order chi connectivity index (χ1) is 9.18. The van der Waals surface area contributed by atoms with E-state index in [1.807, 2.05) is 31.5 Å². The van der Waals surface area contributed by atoms with Crippen molar-refractivity contribution in [3.63, 3.8) is 0 Å². The number of imidazole rings is 1. The summed E-state index contributed by atoms with van der Waals surface area (Å²) in [6.07, 6.45) is 3.65. The molecule has 0 saturated heterocycles. The number of hydrogen-bond donors (Lipinski definition) is 1. The quantitative estimate of drug-likeness (QED) is 0.864. The fourth-order valence-electron chi connectivity index (χ4n) is 2.12. The van der Waals surface area contributed by atoms with Crippen molar-refractivity contribution in [1.29, 1.82) is 5.26 Å². The molecule has 4 heteroatoms. The molecular formula is C15H20N4. The zero-order valence-corrected chi connectivity index (χ0v) is 11.6. The lowest BCUT2D eigenvalue weighted by atomic mass is 9.99. The van der Waals surface area contributed by atoms with E-state index in [-0.39, 0.29) is 0 Å². The molecule has 0 spiro atoms. The van der Waals surface area contributed by atoms with Gasteiger partial charge in [-0.2, -0.15) is 5.26 Å². The van der Waals surface area contributed by atoms with Crippen molar-refractivity contribution in [3.05, 3.63) is 30.6 Å². The number of aryl methyl sites for hydroxylation is 1. The van der Waals surface area contributed by atoms with E-state index in [0.717, 1.165) is 37.0 Å². The molecule has 0 radical (unpaired) electrons. The van der Waals surface area contributed by atoms with Crippen molar-refractivity contribution < 1.29 is 0 Å². The molecule has 2 rings (SSSR count). The number of aromatic nitrogens is 2. The Hall–Kier alpha value is -1.86. The maximum atomic E-state index is 9.32. The molecule has 19 heavy (non-hydrogen) atoms. The minimum atomic E-state index is -0.471. The van der Waals surface area contributed by atoms with Crippen molar-refractivity contribution in [1.82, 2.24) is 14.9 Å². The lowest BCUT2D eigenvalue weighted by Crippen LogP contribution is -2.42. The van der Waals surface area contributed by atoms with Crippen molar-refractivity contribution in [2.45, 2.75) is 38.8 Å². The highest BCUT2D eigenvalue weighted by molar-refractivity contribution is 5.74. The molecule has 0 saturated carbocycles. The number of nitriles is 1. The van der Waals surface area contributed by atoms with Gasteiger partial charge in [0.05, 0.1) is 23.4 Å². The van der Waals surface area contributed by atoms with E-state index in [9.17, 15) is 5.26 Å². The first-order valence-electron chi connectivity index (χ1n) is 6.75. The van der Waals surface area contributed by atoms with E-state index in [1.165, 1.54) is 0 Å². The van der Waals surface area contributed by atoms with Gasteiger partial charge in [-0.25, -0.2) is 4.98 Å². The van der Waals surface area contributed by atoms with Gasteiger partial charge in [0, 0.05) is 6.54 Å². The fourth-order valence-corrected chi connectivity index (χ4v) is 2.12. The summed E-state index contributed by atoms with van der Waals surface area (Å²) in [5, 5.41) is 12.6. The highest BCUT2D eigenvalue weighted by Gasteiger charge is 2.22. The van der Waals surface area contributed by atoms with Crippen LogP contribution in [0.5, 0.6) is 0 Å². The van der Waals surface area contributed by atoms with E-state index in [2.05, 4.69) is 33.9 Å². The summed E-state index contributed by atoms with van der Waals surface area (Å²) in [6, 6.07) is 10.4. The number of hydrogen-bond acceptors (Lipinski definition) is 3. The van der Waals surface area contributed by atoms with Gasteiger partial charge in [0.15, 0.2) is 0 Å². The summed E-state index contributed by atoms with van der Waals surface area (Å²) < 4.78 is 2.11. The van der Waals surface area contributed by atoms with E-state index in [4.69, 9.17) is 0 Å². The Kier molecular flexibility index (Phi) is 4.18. The minimum Gasteiger partial charge on any atom is -0.330 e. The molecule has 4 nitrogen and oxygen atoms in total. The van der Waals surface area contributed by atoms with Crippen LogP contribution in [0.3, 0.4) is 0 Å². The first-order valence-corrected chi connectivity index (χ1v) is 6.75.